The molecular weight excluding hydrogens is 268 g/mol. The summed E-state index contributed by atoms with van der Waals surface area (Å²) >= 11 is 5.66. The first-order valence-electron chi connectivity index (χ1n) is 5.56. The highest BCUT2D eigenvalue weighted by Crippen LogP contribution is 2.36. The predicted molar refractivity (Wildman–Crippen MR) is 77.7 cm³/mol. The zero-order valence-electron chi connectivity index (χ0n) is 9.31. The number of fused-ring (bicyclic) bond motifs is 1. The smallest absolute Gasteiger partial charge is 0.0810 e. The summed E-state index contributed by atoms with van der Waals surface area (Å²) in [4.78, 5) is 2.90. The minimum atomic E-state index is 0.154. The molecule has 17 heavy (non-hydrogen) atoms. The lowest BCUT2D eigenvalue weighted by atomic mass is 10.1. The zero-order chi connectivity index (χ0) is 11.7. The Labute approximate surface area is 113 Å². The maximum atomic E-state index is 5.71. The molecule has 2 aromatic heterocycles. The monoisotopic (exact) mass is 282 g/mol. The Morgan fingerprint density at radius 3 is 3.06 bits per heavy atom. The molecule has 2 aromatic rings. The summed E-state index contributed by atoms with van der Waals surface area (Å²) in [6.07, 6.45) is 1.21. The maximum absolute atomic E-state index is 5.71. The SMILES string of the molecule is NNC(c1ccsc1)c1cc2c(s1)CCSC2. The minimum absolute atomic E-state index is 0.154. The van der Waals surface area contributed by atoms with Crippen LogP contribution in [0.15, 0.2) is 22.9 Å². The molecule has 1 aliphatic heterocycles. The molecular formula is C12H14N2S3. The van der Waals surface area contributed by atoms with Gasteiger partial charge in [0, 0.05) is 15.5 Å². The third kappa shape index (κ3) is 2.30. The highest BCUT2D eigenvalue weighted by atomic mass is 32.2. The van der Waals surface area contributed by atoms with Gasteiger partial charge in [-0.25, -0.2) is 5.43 Å². The average Bonchev–Trinajstić information content (AvgIpc) is 2.98. The number of thioether (sulfide) groups is 1. The van der Waals surface area contributed by atoms with Crippen molar-refractivity contribution < 1.29 is 0 Å². The van der Waals surface area contributed by atoms with E-state index in [0.717, 1.165) is 5.75 Å². The van der Waals surface area contributed by atoms with Gasteiger partial charge in [-0.3, -0.25) is 5.84 Å². The van der Waals surface area contributed by atoms with E-state index in [-0.39, 0.29) is 6.04 Å². The molecule has 0 radical (unpaired) electrons. The molecule has 3 N–H and O–H groups in total. The topological polar surface area (TPSA) is 38.0 Å². The summed E-state index contributed by atoms with van der Waals surface area (Å²) in [5, 5.41) is 4.26. The number of nitrogens with two attached hydrogens (primary N) is 1. The van der Waals surface area contributed by atoms with Crippen molar-refractivity contribution in [3.8, 4) is 0 Å². The first-order valence-corrected chi connectivity index (χ1v) is 8.47. The van der Waals surface area contributed by atoms with Crippen LogP contribution in [0.5, 0.6) is 0 Å². The van der Waals surface area contributed by atoms with Gasteiger partial charge < -0.3 is 0 Å². The van der Waals surface area contributed by atoms with Crippen molar-refractivity contribution in [2.75, 3.05) is 5.75 Å². The molecule has 0 aromatic carbocycles. The fourth-order valence-electron chi connectivity index (χ4n) is 2.09. The van der Waals surface area contributed by atoms with Gasteiger partial charge in [0.1, 0.15) is 0 Å². The number of hydrogen-bond acceptors (Lipinski definition) is 5. The van der Waals surface area contributed by atoms with Crippen LogP contribution in [0.2, 0.25) is 0 Å². The van der Waals surface area contributed by atoms with E-state index in [2.05, 4.69) is 28.3 Å². The van der Waals surface area contributed by atoms with E-state index in [0.29, 0.717) is 0 Å². The maximum Gasteiger partial charge on any atom is 0.0810 e. The van der Waals surface area contributed by atoms with Crippen molar-refractivity contribution in [3.63, 3.8) is 0 Å². The molecule has 0 fully saturated rings. The zero-order valence-corrected chi connectivity index (χ0v) is 11.8. The van der Waals surface area contributed by atoms with Gasteiger partial charge in [0.2, 0.25) is 0 Å². The molecule has 0 aliphatic carbocycles. The van der Waals surface area contributed by atoms with E-state index in [4.69, 9.17) is 5.84 Å². The number of nitrogens with one attached hydrogen (secondary N) is 1. The minimum Gasteiger partial charge on any atom is -0.271 e. The molecule has 1 atom stereocenters. The summed E-state index contributed by atoms with van der Waals surface area (Å²) in [6.45, 7) is 0. The highest BCUT2D eigenvalue weighted by molar-refractivity contribution is 7.98. The second kappa shape index (κ2) is 5.12. The van der Waals surface area contributed by atoms with E-state index < -0.39 is 0 Å². The van der Waals surface area contributed by atoms with Crippen LogP contribution >= 0.6 is 34.4 Å². The standard InChI is InChI=1S/C12H14N2S3/c13-14-12(8-1-3-15-6-8)11-5-9-7-16-4-2-10(9)17-11/h1,3,5-6,12,14H,2,4,7,13H2. The molecule has 0 bridgehead atoms. The van der Waals surface area contributed by atoms with Gasteiger partial charge in [-0.1, -0.05) is 0 Å². The Hall–Kier alpha value is -0.330. The normalized spacial score (nSPS) is 16.8. The lowest BCUT2D eigenvalue weighted by Crippen LogP contribution is -2.27. The van der Waals surface area contributed by atoms with E-state index in [9.17, 15) is 0 Å². The summed E-state index contributed by atoms with van der Waals surface area (Å²) in [5.74, 6) is 8.13. The van der Waals surface area contributed by atoms with Crippen molar-refractivity contribution >= 4 is 34.4 Å². The summed E-state index contributed by atoms with van der Waals surface area (Å²) in [7, 11) is 0. The number of thiophene rings is 2. The third-order valence-electron chi connectivity index (χ3n) is 2.97. The molecule has 5 heteroatoms. The molecule has 1 unspecified atom stereocenters. The van der Waals surface area contributed by atoms with Gasteiger partial charge in [-0.15, -0.1) is 11.3 Å². The number of hydrazine groups is 1. The van der Waals surface area contributed by atoms with Gasteiger partial charge >= 0.3 is 0 Å². The van der Waals surface area contributed by atoms with Gasteiger partial charge in [0.15, 0.2) is 0 Å². The Kier molecular flexibility index (Phi) is 3.54. The average molecular weight is 282 g/mol. The van der Waals surface area contributed by atoms with E-state index in [1.54, 1.807) is 16.2 Å². The van der Waals surface area contributed by atoms with Crippen molar-refractivity contribution in [2.24, 2.45) is 5.84 Å². The van der Waals surface area contributed by atoms with Gasteiger partial charge in [0.05, 0.1) is 6.04 Å². The lowest BCUT2D eigenvalue weighted by Gasteiger charge is -2.12. The molecule has 3 heterocycles. The van der Waals surface area contributed by atoms with Crippen LogP contribution in [0.1, 0.15) is 26.9 Å². The molecule has 90 valence electrons. The molecule has 3 rings (SSSR count). The van der Waals surface area contributed by atoms with Crippen molar-refractivity contribution in [1.82, 2.24) is 5.43 Å². The van der Waals surface area contributed by atoms with E-state index in [1.165, 1.54) is 28.2 Å². The number of aryl methyl sites for hydroxylation is 1. The Morgan fingerprint density at radius 2 is 2.35 bits per heavy atom. The van der Waals surface area contributed by atoms with Crippen LogP contribution in [0, 0.1) is 0 Å². The number of rotatable bonds is 3. The van der Waals surface area contributed by atoms with Crippen LogP contribution in [0.3, 0.4) is 0 Å². The van der Waals surface area contributed by atoms with E-state index >= 15 is 0 Å². The number of hydrogen-bond donors (Lipinski definition) is 2. The van der Waals surface area contributed by atoms with Crippen LogP contribution in [-0.4, -0.2) is 5.75 Å². The van der Waals surface area contributed by atoms with Crippen molar-refractivity contribution in [2.45, 2.75) is 18.2 Å². The summed E-state index contributed by atoms with van der Waals surface area (Å²) < 4.78 is 0. The summed E-state index contributed by atoms with van der Waals surface area (Å²) in [5.41, 5.74) is 5.72. The van der Waals surface area contributed by atoms with Crippen molar-refractivity contribution in [3.05, 3.63) is 43.8 Å². The van der Waals surface area contributed by atoms with Crippen LogP contribution in [0.4, 0.5) is 0 Å². The van der Waals surface area contributed by atoms with Crippen LogP contribution in [0.25, 0.3) is 0 Å². The third-order valence-corrected chi connectivity index (χ3v) is 5.99. The summed E-state index contributed by atoms with van der Waals surface area (Å²) in [6, 6.07) is 4.62. The Balaban J connectivity index is 1.94. The lowest BCUT2D eigenvalue weighted by molar-refractivity contribution is 0.648. The predicted octanol–water partition coefficient (Wildman–Crippen LogP) is 3.15. The van der Waals surface area contributed by atoms with Crippen LogP contribution in [-0.2, 0) is 12.2 Å². The van der Waals surface area contributed by atoms with Gasteiger partial charge in [0.25, 0.3) is 0 Å². The Bertz CT molecular complexity index is 466. The quantitative estimate of drug-likeness (QED) is 0.671. The van der Waals surface area contributed by atoms with Crippen LogP contribution < -0.4 is 11.3 Å². The first-order chi connectivity index (χ1) is 8.38. The fourth-order valence-corrected chi connectivity index (χ4v) is 5.25. The first kappa shape index (κ1) is 11.7. The molecule has 0 spiro atoms. The molecule has 0 saturated heterocycles. The molecule has 1 aliphatic rings. The van der Waals surface area contributed by atoms with Gasteiger partial charge in [-0.2, -0.15) is 23.1 Å². The molecule has 2 nitrogen and oxygen atoms in total. The fraction of sp³-hybridized carbons (Fsp3) is 0.333. The Morgan fingerprint density at radius 1 is 1.41 bits per heavy atom. The molecule has 0 saturated carbocycles. The second-order valence-corrected chi connectivity index (χ2v) is 7.11. The molecule has 0 amide bonds. The highest BCUT2D eigenvalue weighted by Gasteiger charge is 2.20. The van der Waals surface area contributed by atoms with Gasteiger partial charge in [-0.05, 0) is 46.2 Å². The van der Waals surface area contributed by atoms with E-state index in [1.807, 2.05) is 23.1 Å². The van der Waals surface area contributed by atoms with Crippen molar-refractivity contribution in [1.29, 1.82) is 0 Å². The largest absolute Gasteiger partial charge is 0.271 e. The second-order valence-electron chi connectivity index (χ2n) is 4.06.